The number of methoxy groups -OCH3 is 1. The lowest BCUT2D eigenvalue weighted by atomic mass is 9.95. The van der Waals surface area contributed by atoms with Crippen LogP contribution in [0.15, 0.2) is 18.2 Å². The molecular weight excluding hydrogens is 230 g/mol. The molecule has 1 rings (SSSR count). The van der Waals surface area contributed by atoms with Crippen LogP contribution < -0.4 is 10.5 Å². The van der Waals surface area contributed by atoms with Gasteiger partial charge < -0.3 is 20.7 Å². The lowest BCUT2D eigenvalue weighted by Gasteiger charge is -2.22. The van der Waals surface area contributed by atoms with Crippen molar-refractivity contribution in [3.8, 4) is 11.5 Å². The van der Waals surface area contributed by atoms with E-state index in [0.29, 0.717) is 23.7 Å². The van der Waals surface area contributed by atoms with Crippen LogP contribution in [-0.2, 0) is 0 Å². The smallest absolute Gasteiger partial charge is 0.127 e. The molecule has 0 aliphatic heterocycles. The summed E-state index contributed by atoms with van der Waals surface area (Å²) in [5, 5.41) is 19.9. The molecule has 0 aliphatic carbocycles. The van der Waals surface area contributed by atoms with Crippen molar-refractivity contribution in [1.82, 2.24) is 0 Å². The molecule has 0 amide bonds. The van der Waals surface area contributed by atoms with Crippen LogP contribution in [0.1, 0.15) is 38.3 Å². The Morgan fingerprint density at radius 2 is 1.94 bits per heavy atom. The molecule has 0 aliphatic rings. The molecule has 0 spiro atoms. The van der Waals surface area contributed by atoms with E-state index in [-0.39, 0.29) is 5.75 Å². The van der Waals surface area contributed by atoms with Crippen molar-refractivity contribution in [2.45, 2.75) is 38.8 Å². The Labute approximate surface area is 108 Å². The van der Waals surface area contributed by atoms with Gasteiger partial charge in [-0.2, -0.15) is 0 Å². The van der Waals surface area contributed by atoms with Gasteiger partial charge >= 0.3 is 0 Å². The first-order valence-electron chi connectivity index (χ1n) is 6.26. The van der Waals surface area contributed by atoms with E-state index < -0.39 is 12.1 Å². The SMILES string of the molecule is COc1cccc(O)c1[C@H](N)[C@H](O)CCC(C)C. The van der Waals surface area contributed by atoms with Crippen LogP contribution >= 0.6 is 0 Å². The molecule has 0 unspecified atom stereocenters. The Bertz CT molecular complexity index is 379. The second kappa shape index (κ2) is 6.61. The van der Waals surface area contributed by atoms with Crippen molar-refractivity contribution in [1.29, 1.82) is 0 Å². The van der Waals surface area contributed by atoms with Gasteiger partial charge in [0.2, 0.25) is 0 Å². The highest BCUT2D eigenvalue weighted by atomic mass is 16.5. The van der Waals surface area contributed by atoms with E-state index in [0.717, 1.165) is 6.42 Å². The average molecular weight is 253 g/mol. The maximum absolute atomic E-state index is 10.1. The zero-order valence-electron chi connectivity index (χ0n) is 11.3. The molecule has 102 valence electrons. The molecule has 18 heavy (non-hydrogen) atoms. The molecule has 2 atom stereocenters. The van der Waals surface area contributed by atoms with Crippen LogP contribution in [0.3, 0.4) is 0 Å². The van der Waals surface area contributed by atoms with Gasteiger partial charge in [-0.3, -0.25) is 0 Å². The molecule has 0 aromatic heterocycles. The van der Waals surface area contributed by atoms with Gasteiger partial charge in [-0.1, -0.05) is 19.9 Å². The van der Waals surface area contributed by atoms with E-state index in [2.05, 4.69) is 13.8 Å². The van der Waals surface area contributed by atoms with Gasteiger partial charge in [0.05, 0.1) is 24.8 Å². The third-order valence-corrected chi connectivity index (χ3v) is 3.05. The Morgan fingerprint density at radius 1 is 1.28 bits per heavy atom. The third-order valence-electron chi connectivity index (χ3n) is 3.05. The van der Waals surface area contributed by atoms with Crippen molar-refractivity contribution < 1.29 is 14.9 Å². The fraction of sp³-hybridized carbons (Fsp3) is 0.571. The Morgan fingerprint density at radius 3 is 2.50 bits per heavy atom. The number of hydrogen-bond donors (Lipinski definition) is 3. The lowest BCUT2D eigenvalue weighted by molar-refractivity contribution is 0.126. The van der Waals surface area contributed by atoms with Gasteiger partial charge in [0.1, 0.15) is 11.5 Å². The summed E-state index contributed by atoms with van der Waals surface area (Å²) in [6.07, 6.45) is 0.816. The number of phenolic OH excluding ortho intramolecular Hbond substituents is 1. The first-order valence-corrected chi connectivity index (χ1v) is 6.26. The van der Waals surface area contributed by atoms with Crippen LogP contribution in [0.25, 0.3) is 0 Å². The quantitative estimate of drug-likeness (QED) is 0.726. The minimum Gasteiger partial charge on any atom is -0.507 e. The summed E-state index contributed by atoms with van der Waals surface area (Å²) in [5.41, 5.74) is 6.48. The number of benzene rings is 1. The number of aliphatic hydroxyl groups is 1. The summed E-state index contributed by atoms with van der Waals surface area (Å²) in [4.78, 5) is 0. The van der Waals surface area contributed by atoms with E-state index in [1.54, 1.807) is 18.2 Å². The van der Waals surface area contributed by atoms with Crippen LogP contribution in [-0.4, -0.2) is 23.4 Å². The highest BCUT2D eigenvalue weighted by molar-refractivity contribution is 5.46. The molecule has 0 heterocycles. The predicted molar refractivity (Wildman–Crippen MR) is 71.7 cm³/mol. The van der Waals surface area contributed by atoms with E-state index in [1.807, 2.05) is 0 Å². The topological polar surface area (TPSA) is 75.7 Å². The highest BCUT2D eigenvalue weighted by Crippen LogP contribution is 2.34. The zero-order valence-corrected chi connectivity index (χ0v) is 11.3. The number of ether oxygens (including phenoxy) is 1. The summed E-state index contributed by atoms with van der Waals surface area (Å²) in [5.74, 6) is 1.08. The van der Waals surface area contributed by atoms with Crippen molar-refractivity contribution >= 4 is 0 Å². The minimum absolute atomic E-state index is 0.0606. The number of hydrogen-bond acceptors (Lipinski definition) is 4. The van der Waals surface area contributed by atoms with Gasteiger partial charge in [-0.25, -0.2) is 0 Å². The summed E-state index contributed by atoms with van der Waals surface area (Å²) >= 11 is 0. The maximum Gasteiger partial charge on any atom is 0.127 e. The number of nitrogens with two attached hydrogens (primary N) is 1. The Hall–Kier alpha value is -1.26. The monoisotopic (exact) mass is 253 g/mol. The summed E-state index contributed by atoms with van der Waals surface area (Å²) in [6, 6.07) is 4.32. The van der Waals surface area contributed by atoms with Crippen LogP contribution in [0, 0.1) is 5.92 Å². The molecule has 4 heteroatoms. The van der Waals surface area contributed by atoms with E-state index >= 15 is 0 Å². The second-order valence-electron chi connectivity index (χ2n) is 4.96. The standard InChI is InChI=1S/C14H23NO3/c1-9(2)7-8-11(17)14(15)13-10(16)5-4-6-12(13)18-3/h4-6,9,11,14,16-17H,7-8,15H2,1-3H3/t11-,14-/m1/s1. The molecule has 4 nitrogen and oxygen atoms in total. The zero-order chi connectivity index (χ0) is 13.7. The minimum atomic E-state index is -0.686. The molecule has 0 saturated heterocycles. The van der Waals surface area contributed by atoms with Crippen LogP contribution in [0.2, 0.25) is 0 Å². The van der Waals surface area contributed by atoms with E-state index in [1.165, 1.54) is 7.11 Å². The fourth-order valence-corrected chi connectivity index (χ4v) is 1.92. The average Bonchev–Trinajstić information content (AvgIpc) is 2.34. The van der Waals surface area contributed by atoms with Crippen molar-refractivity contribution in [3.05, 3.63) is 23.8 Å². The predicted octanol–water partition coefficient (Wildman–Crippen LogP) is 2.20. The van der Waals surface area contributed by atoms with Crippen LogP contribution in [0.5, 0.6) is 11.5 Å². The van der Waals surface area contributed by atoms with Gasteiger partial charge in [0.15, 0.2) is 0 Å². The Kier molecular flexibility index (Phi) is 5.44. The molecule has 0 saturated carbocycles. The third kappa shape index (κ3) is 3.62. The van der Waals surface area contributed by atoms with Gasteiger partial charge in [0.25, 0.3) is 0 Å². The lowest BCUT2D eigenvalue weighted by Crippen LogP contribution is -2.27. The number of rotatable bonds is 6. The van der Waals surface area contributed by atoms with Gasteiger partial charge in [-0.05, 0) is 30.9 Å². The molecule has 0 bridgehead atoms. The molecule has 0 fully saturated rings. The van der Waals surface area contributed by atoms with Crippen LogP contribution in [0.4, 0.5) is 0 Å². The number of aliphatic hydroxyl groups excluding tert-OH is 1. The van der Waals surface area contributed by atoms with E-state index in [9.17, 15) is 10.2 Å². The first kappa shape index (κ1) is 14.8. The fourth-order valence-electron chi connectivity index (χ4n) is 1.92. The van der Waals surface area contributed by atoms with Crippen molar-refractivity contribution in [2.24, 2.45) is 11.7 Å². The van der Waals surface area contributed by atoms with Crippen molar-refractivity contribution in [3.63, 3.8) is 0 Å². The summed E-state index contributed by atoms with van der Waals surface area (Å²) in [6.45, 7) is 4.19. The summed E-state index contributed by atoms with van der Waals surface area (Å²) < 4.78 is 5.17. The second-order valence-corrected chi connectivity index (χ2v) is 4.96. The molecule has 0 radical (unpaired) electrons. The largest absolute Gasteiger partial charge is 0.507 e. The first-order chi connectivity index (χ1) is 8.47. The van der Waals surface area contributed by atoms with E-state index in [4.69, 9.17) is 10.5 Å². The molecule has 1 aromatic carbocycles. The van der Waals surface area contributed by atoms with Gasteiger partial charge in [-0.15, -0.1) is 0 Å². The maximum atomic E-state index is 10.1. The normalized spacial score (nSPS) is 14.6. The molecule has 4 N–H and O–H groups in total. The highest BCUT2D eigenvalue weighted by Gasteiger charge is 2.23. The summed E-state index contributed by atoms with van der Waals surface area (Å²) in [7, 11) is 1.52. The number of aromatic hydroxyl groups is 1. The number of phenols is 1. The molecular formula is C14H23NO3. The Balaban J connectivity index is 2.85. The van der Waals surface area contributed by atoms with Gasteiger partial charge in [0, 0.05) is 0 Å². The van der Waals surface area contributed by atoms with Crippen molar-refractivity contribution in [2.75, 3.05) is 7.11 Å². The molecule has 1 aromatic rings.